The topological polar surface area (TPSA) is 98.8 Å². The van der Waals surface area contributed by atoms with E-state index in [1.807, 2.05) is 0 Å². The van der Waals surface area contributed by atoms with Crippen molar-refractivity contribution in [3.63, 3.8) is 0 Å². The van der Waals surface area contributed by atoms with Gasteiger partial charge in [0.2, 0.25) is 10.0 Å². The van der Waals surface area contributed by atoms with Crippen molar-refractivity contribution in [3.8, 4) is 0 Å². The molecule has 1 heterocycles. The number of halogens is 2. The minimum Gasteiger partial charge on any atom is -0.335 e. The number of nitrogens with zero attached hydrogens (tertiary/aromatic N) is 2. The molecule has 32 heavy (non-hydrogen) atoms. The molecule has 1 aliphatic heterocycles. The molecule has 0 spiro atoms. The minimum absolute atomic E-state index is 0.185. The van der Waals surface area contributed by atoms with E-state index in [-0.39, 0.29) is 43.0 Å². The highest BCUT2D eigenvalue weighted by Crippen LogP contribution is 2.30. The summed E-state index contributed by atoms with van der Waals surface area (Å²) in [4.78, 5) is 27.9. The lowest BCUT2D eigenvalue weighted by molar-refractivity contribution is 0.0666. The molecule has 11 heteroatoms. The molecule has 0 radical (unpaired) electrons. The van der Waals surface area contributed by atoms with Crippen LogP contribution >= 0.6 is 0 Å². The van der Waals surface area contributed by atoms with E-state index in [2.05, 4.69) is 10.0 Å². The summed E-state index contributed by atoms with van der Waals surface area (Å²) in [5.74, 6) is -2.11. The summed E-state index contributed by atoms with van der Waals surface area (Å²) < 4.78 is 53.7. The molecule has 0 unspecified atom stereocenters. The van der Waals surface area contributed by atoms with Crippen molar-refractivity contribution in [2.24, 2.45) is 0 Å². The third kappa shape index (κ3) is 4.98. The molecule has 0 bridgehead atoms. The maximum Gasteiger partial charge on any atom is 0.321 e. The molecule has 1 saturated carbocycles. The summed E-state index contributed by atoms with van der Waals surface area (Å²) in [5.41, 5.74) is 0.580. The molecule has 2 aromatic carbocycles. The molecule has 0 aromatic heterocycles. The van der Waals surface area contributed by atoms with Crippen LogP contribution in [0.4, 0.5) is 25.0 Å². The van der Waals surface area contributed by atoms with Crippen LogP contribution in [0.3, 0.4) is 0 Å². The summed E-state index contributed by atoms with van der Waals surface area (Å²) in [5, 5.41) is 2.40. The third-order valence-corrected chi connectivity index (χ3v) is 7.24. The smallest absolute Gasteiger partial charge is 0.321 e. The van der Waals surface area contributed by atoms with Crippen LogP contribution in [-0.2, 0) is 10.0 Å². The predicted molar refractivity (Wildman–Crippen MR) is 115 cm³/mol. The van der Waals surface area contributed by atoms with Gasteiger partial charge in [-0.05, 0) is 55.3 Å². The normalized spacial score (nSPS) is 16.6. The Labute approximate surface area is 184 Å². The average molecular weight is 464 g/mol. The van der Waals surface area contributed by atoms with Crippen LogP contribution in [-0.4, -0.2) is 61.6 Å². The molecule has 0 atom stereocenters. The van der Waals surface area contributed by atoms with Gasteiger partial charge in [-0.2, -0.15) is 0 Å². The lowest BCUT2D eigenvalue weighted by Crippen LogP contribution is -2.51. The van der Waals surface area contributed by atoms with Gasteiger partial charge in [0.05, 0.1) is 10.8 Å². The fourth-order valence-electron chi connectivity index (χ4n) is 3.39. The highest BCUT2D eigenvalue weighted by atomic mass is 32.2. The number of nitrogens with one attached hydrogen (secondary N) is 2. The summed E-state index contributed by atoms with van der Waals surface area (Å²) in [7, 11) is -3.35. The van der Waals surface area contributed by atoms with Gasteiger partial charge in [-0.1, -0.05) is 0 Å². The van der Waals surface area contributed by atoms with Crippen LogP contribution in [0.15, 0.2) is 42.5 Å². The van der Waals surface area contributed by atoms with Crippen LogP contribution in [0.25, 0.3) is 0 Å². The van der Waals surface area contributed by atoms with Crippen LogP contribution in [0, 0.1) is 11.6 Å². The lowest BCUT2D eigenvalue weighted by Gasteiger charge is -2.34. The van der Waals surface area contributed by atoms with Gasteiger partial charge in [-0.3, -0.25) is 9.52 Å². The standard InChI is InChI=1S/C21H22F2N4O4S/c22-14-1-8-19(23)18(13-14)20(28)26-9-11-27(12-10-26)21(29)24-15-2-4-16(5-3-15)25-32(30,31)17-6-7-17/h1-5,8,13,17,25H,6-7,9-12H2,(H,24,29). The van der Waals surface area contributed by atoms with Crippen molar-refractivity contribution in [2.45, 2.75) is 18.1 Å². The first-order valence-electron chi connectivity index (χ1n) is 10.1. The Kier molecular flexibility index (Phi) is 6.00. The molecular formula is C21H22F2N4O4S. The van der Waals surface area contributed by atoms with Crippen molar-refractivity contribution in [3.05, 3.63) is 59.7 Å². The van der Waals surface area contributed by atoms with E-state index in [1.54, 1.807) is 24.3 Å². The molecule has 2 fully saturated rings. The molecule has 1 aliphatic carbocycles. The fourth-order valence-corrected chi connectivity index (χ4v) is 4.78. The lowest BCUT2D eigenvalue weighted by atomic mass is 10.1. The van der Waals surface area contributed by atoms with Crippen molar-refractivity contribution in [1.82, 2.24) is 9.80 Å². The second kappa shape index (κ2) is 8.73. The number of sulfonamides is 1. The highest BCUT2D eigenvalue weighted by molar-refractivity contribution is 7.93. The van der Waals surface area contributed by atoms with E-state index in [0.29, 0.717) is 24.2 Å². The Morgan fingerprint density at radius 1 is 0.875 bits per heavy atom. The van der Waals surface area contributed by atoms with Gasteiger partial charge < -0.3 is 15.1 Å². The maximum absolute atomic E-state index is 13.9. The number of hydrogen-bond acceptors (Lipinski definition) is 4. The van der Waals surface area contributed by atoms with E-state index >= 15 is 0 Å². The van der Waals surface area contributed by atoms with Crippen LogP contribution in [0.5, 0.6) is 0 Å². The van der Waals surface area contributed by atoms with E-state index < -0.39 is 27.6 Å². The van der Waals surface area contributed by atoms with Gasteiger partial charge in [0, 0.05) is 37.6 Å². The monoisotopic (exact) mass is 464 g/mol. The van der Waals surface area contributed by atoms with Gasteiger partial charge in [-0.15, -0.1) is 0 Å². The quantitative estimate of drug-likeness (QED) is 0.711. The van der Waals surface area contributed by atoms with Gasteiger partial charge >= 0.3 is 6.03 Å². The van der Waals surface area contributed by atoms with Gasteiger partial charge in [0.25, 0.3) is 5.91 Å². The predicted octanol–water partition coefficient (Wildman–Crippen LogP) is 2.86. The molecule has 2 aromatic rings. The highest BCUT2D eigenvalue weighted by Gasteiger charge is 2.35. The van der Waals surface area contributed by atoms with Crippen LogP contribution < -0.4 is 10.0 Å². The van der Waals surface area contributed by atoms with Crippen molar-refractivity contribution >= 4 is 33.3 Å². The molecule has 8 nitrogen and oxygen atoms in total. The first kappa shape index (κ1) is 22.0. The summed E-state index contributed by atoms with van der Waals surface area (Å²) in [6, 6.07) is 8.67. The molecule has 170 valence electrons. The van der Waals surface area contributed by atoms with Crippen molar-refractivity contribution < 1.29 is 26.8 Å². The molecule has 2 aliphatic rings. The number of anilines is 2. The van der Waals surface area contributed by atoms with E-state index in [9.17, 15) is 26.8 Å². The number of amides is 3. The Hall–Kier alpha value is -3.21. The summed E-state index contributed by atoms with van der Waals surface area (Å²) >= 11 is 0. The first-order valence-corrected chi connectivity index (χ1v) is 11.7. The van der Waals surface area contributed by atoms with Crippen molar-refractivity contribution in [2.75, 3.05) is 36.2 Å². The fraction of sp³-hybridized carbons (Fsp3) is 0.333. The number of urea groups is 1. The second-order valence-corrected chi connectivity index (χ2v) is 9.72. The van der Waals surface area contributed by atoms with Gasteiger partial charge in [-0.25, -0.2) is 22.0 Å². The Morgan fingerprint density at radius 2 is 1.47 bits per heavy atom. The molecule has 2 N–H and O–H groups in total. The number of carbonyl (C=O) groups is 2. The molecule has 1 saturated heterocycles. The minimum atomic E-state index is -3.35. The number of benzene rings is 2. The SMILES string of the molecule is O=C(Nc1ccc(NS(=O)(=O)C2CC2)cc1)N1CCN(C(=O)c2cc(F)ccc2F)CC1. The van der Waals surface area contributed by atoms with Gasteiger partial charge in [0.1, 0.15) is 11.6 Å². The van der Waals surface area contributed by atoms with E-state index in [4.69, 9.17) is 0 Å². The van der Waals surface area contributed by atoms with Crippen LogP contribution in [0.2, 0.25) is 0 Å². The van der Waals surface area contributed by atoms with Gasteiger partial charge in [0.15, 0.2) is 0 Å². The Balaban J connectivity index is 1.30. The zero-order valence-electron chi connectivity index (χ0n) is 17.1. The van der Waals surface area contributed by atoms with Crippen LogP contribution in [0.1, 0.15) is 23.2 Å². The number of carbonyl (C=O) groups excluding carboxylic acids is 2. The zero-order chi connectivity index (χ0) is 22.9. The number of hydrogen-bond donors (Lipinski definition) is 2. The molecular weight excluding hydrogens is 442 g/mol. The van der Waals surface area contributed by atoms with Crippen molar-refractivity contribution in [1.29, 1.82) is 0 Å². The summed E-state index contributed by atoms with van der Waals surface area (Å²) in [6.45, 7) is 0.829. The second-order valence-electron chi connectivity index (χ2n) is 7.76. The largest absolute Gasteiger partial charge is 0.335 e. The molecule has 3 amide bonds. The average Bonchev–Trinajstić information content (AvgIpc) is 3.62. The van der Waals surface area contributed by atoms with E-state index in [0.717, 1.165) is 18.2 Å². The Bertz CT molecular complexity index is 1130. The Morgan fingerprint density at radius 3 is 2.09 bits per heavy atom. The summed E-state index contributed by atoms with van der Waals surface area (Å²) in [6.07, 6.45) is 1.33. The number of rotatable bonds is 5. The first-order chi connectivity index (χ1) is 15.2. The maximum atomic E-state index is 13.9. The zero-order valence-corrected chi connectivity index (χ0v) is 17.9. The third-order valence-electron chi connectivity index (χ3n) is 5.37. The number of piperazine rings is 1. The molecule has 4 rings (SSSR count). The van der Waals surface area contributed by atoms with E-state index in [1.165, 1.54) is 9.80 Å².